The summed E-state index contributed by atoms with van der Waals surface area (Å²) in [5, 5.41) is 2.51. The number of sulfonamides is 1. The number of nitrogens with zero attached hydrogens (tertiary/aromatic N) is 1. The Balaban J connectivity index is 2.78. The number of esters is 1. The number of carbonyl (C=O) groups excluding carboxylic acids is 3. The van der Waals surface area contributed by atoms with Crippen molar-refractivity contribution in [3.8, 4) is 0 Å². The fraction of sp³-hybridized carbons (Fsp3) is 0.308. The van der Waals surface area contributed by atoms with Crippen molar-refractivity contribution in [2.75, 3.05) is 25.5 Å². The molecule has 1 aromatic rings. The zero-order chi connectivity index (χ0) is 17.6. The summed E-state index contributed by atoms with van der Waals surface area (Å²) in [5.41, 5.74) is 5.26. The molecule has 9 nitrogen and oxygen atoms in total. The number of rotatable bonds is 7. The van der Waals surface area contributed by atoms with E-state index in [-0.39, 0.29) is 10.8 Å². The highest BCUT2D eigenvalue weighted by Gasteiger charge is 2.23. The van der Waals surface area contributed by atoms with Crippen molar-refractivity contribution in [2.45, 2.75) is 11.8 Å². The summed E-state index contributed by atoms with van der Waals surface area (Å²) in [6, 6.07) is 5.44. The van der Waals surface area contributed by atoms with Crippen LogP contribution in [0.1, 0.15) is 6.92 Å². The van der Waals surface area contributed by atoms with Gasteiger partial charge in [-0.25, -0.2) is 8.42 Å². The molecule has 0 aliphatic carbocycles. The van der Waals surface area contributed by atoms with Gasteiger partial charge in [-0.15, -0.1) is 0 Å². The molecule has 0 atom stereocenters. The SMILES string of the molecule is CC(=O)Nc1ccc(S(=O)(=O)N(C)CC(=O)OCC(N)=O)cc1. The number of nitrogens with one attached hydrogen (secondary N) is 1. The first kappa shape index (κ1) is 18.6. The van der Waals surface area contributed by atoms with Gasteiger partial charge in [-0.3, -0.25) is 14.4 Å². The molecule has 0 radical (unpaired) electrons. The molecule has 0 spiro atoms. The van der Waals surface area contributed by atoms with Crippen molar-refractivity contribution < 1.29 is 27.5 Å². The number of hydrogen-bond donors (Lipinski definition) is 2. The maximum Gasteiger partial charge on any atom is 0.321 e. The van der Waals surface area contributed by atoms with Crippen molar-refractivity contribution in [3.63, 3.8) is 0 Å². The lowest BCUT2D eigenvalue weighted by Crippen LogP contribution is -2.34. The summed E-state index contributed by atoms with van der Waals surface area (Å²) >= 11 is 0. The van der Waals surface area contributed by atoms with Crippen LogP contribution in [0.3, 0.4) is 0 Å². The van der Waals surface area contributed by atoms with Crippen LogP contribution in [0.2, 0.25) is 0 Å². The van der Waals surface area contributed by atoms with Gasteiger partial charge in [0.15, 0.2) is 6.61 Å². The van der Waals surface area contributed by atoms with E-state index in [1.807, 2.05) is 0 Å². The highest BCUT2D eigenvalue weighted by Crippen LogP contribution is 2.17. The van der Waals surface area contributed by atoms with Crippen molar-refractivity contribution in [1.82, 2.24) is 4.31 Å². The smallest absolute Gasteiger partial charge is 0.321 e. The van der Waals surface area contributed by atoms with E-state index in [2.05, 4.69) is 10.1 Å². The normalized spacial score (nSPS) is 11.1. The maximum atomic E-state index is 12.3. The lowest BCUT2D eigenvalue weighted by Gasteiger charge is -2.16. The average molecular weight is 343 g/mol. The second-order valence-corrected chi connectivity index (χ2v) is 6.64. The van der Waals surface area contributed by atoms with E-state index in [1.54, 1.807) is 0 Å². The van der Waals surface area contributed by atoms with Gasteiger partial charge >= 0.3 is 5.97 Å². The molecule has 23 heavy (non-hydrogen) atoms. The average Bonchev–Trinajstić information content (AvgIpc) is 2.45. The van der Waals surface area contributed by atoms with Crippen LogP contribution in [0.15, 0.2) is 29.2 Å². The number of nitrogens with two attached hydrogens (primary N) is 1. The Hall–Kier alpha value is -2.46. The lowest BCUT2D eigenvalue weighted by molar-refractivity contribution is -0.147. The van der Waals surface area contributed by atoms with Crippen LogP contribution in [0, 0.1) is 0 Å². The number of hydrogen-bond acceptors (Lipinski definition) is 6. The first-order valence-corrected chi connectivity index (χ1v) is 7.85. The summed E-state index contributed by atoms with van der Waals surface area (Å²) in [7, 11) is -2.72. The van der Waals surface area contributed by atoms with Gasteiger partial charge in [0.1, 0.15) is 6.54 Å². The predicted molar refractivity (Wildman–Crippen MR) is 80.7 cm³/mol. The third-order valence-corrected chi connectivity index (χ3v) is 4.43. The van der Waals surface area contributed by atoms with Gasteiger partial charge in [0.2, 0.25) is 15.9 Å². The zero-order valence-corrected chi connectivity index (χ0v) is 13.4. The van der Waals surface area contributed by atoms with Crippen molar-refractivity contribution in [2.24, 2.45) is 5.73 Å². The summed E-state index contributed by atoms with van der Waals surface area (Å²) in [6.45, 7) is 0.150. The molecule has 1 rings (SSSR count). The highest BCUT2D eigenvalue weighted by atomic mass is 32.2. The van der Waals surface area contributed by atoms with Crippen LogP contribution in [0.4, 0.5) is 5.69 Å². The molecule has 126 valence electrons. The fourth-order valence-electron chi connectivity index (χ4n) is 1.56. The van der Waals surface area contributed by atoms with E-state index >= 15 is 0 Å². The highest BCUT2D eigenvalue weighted by molar-refractivity contribution is 7.89. The number of likely N-dealkylation sites (N-methyl/N-ethyl adjacent to an activating group) is 1. The van der Waals surface area contributed by atoms with E-state index in [9.17, 15) is 22.8 Å². The quantitative estimate of drug-likeness (QED) is 0.628. The lowest BCUT2D eigenvalue weighted by atomic mass is 10.3. The maximum absolute atomic E-state index is 12.3. The van der Waals surface area contributed by atoms with Gasteiger partial charge < -0.3 is 15.8 Å². The zero-order valence-electron chi connectivity index (χ0n) is 12.6. The summed E-state index contributed by atoms with van der Waals surface area (Å²) in [4.78, 5) is 32.8. The second kappa shape index (κ2) is 7.70. The molecule has 0 aliphatic rings. The summed E-state index contributed by atoms with van der Waals surface area (Å²) in [6.07, 6.45) is 0. The van der Waals surface area contributed by atoms with Gasteiger partial charge in [0, 0.05) is 19.7 Å². The van der Waals surface area contributed by atoms with E-state index in [4.69, 9.17) is 5.73 Å². The fourth-order valence-corrected chi connectivity index (χ4v) is 2.67. The standard InChI is InChI=1S/C13H17N3O6S/c1-9(17)15-10-3-5-11(6-4-10)23(20,21)16(2)7-13(19)22-8-12(14)18/h3-6H,7-8H2,1-2H3,(H2,14,18)(H,15,17). The van der Waals surface area contributed by atoms with Gasteiger partial charge in [0.05, 0.1) is 4.90 Å². The number of carbonyl (C=O) groups is 3. The molecule has 0 aromatic heterocycles. The number of anilines is 1. The molecule has 1 aromatic carbocycles. The summed E-state index contributed by atoms with van der Waals surface area (Å²) < 4.78 is 29.8. The topological polar surface area (TPSA) is 136 Å². The molecule has 10 heteroatoms. The molecule has 0 fully saturated rings. The molecule has 0 bridgehead atoms. The second-order valence-electron chi connectivity index (χ2n) is 4.59. The minimum atomic E-state index is -3.91. The number of primary amides is 1. The van der Waals surface area contributed by atoms with Crippen molar-refractivity contribution >= 4 is 33.5 Å². The molecule has 0 saturated carbocycles. The molecule has 2 amide bonds. The van der Waals surface area contributed by atoms with Crippen molar-refractivity contribution in [1.29, 1.82) is 0 Å². The molecule has 0 heterocycles. The Morgan fingerprint density at radius 2 is 1.78 bits per heavy atom. The van der Waals surface area contributed by atoms with E-state index in [1.165, 1.54) is 38.2 Å². The van der Waals surface area contributed by atoms with Crippen LogP contribution < -0.4 is 11.1 Å². The van der Waals surface area contributed by atoms with Crippen molar-refractivity contribution in [3.05, 3.63) is 24.3 Å². The molecular formula is C13H17N3O6S. The summed E-state index contributed by atoms with van der Waals surface area (Å²) in [5.74, 6) is -2.02. The first-order valence-electron chi connectivity index (χ1n) is 6.41. The minimum absolute atomic E-state index is 0.0585. The van der Waals surface area contributed by atoms with Crippen LogP contribution in [0.5, 0.6) is 0 Å². The molecule has 0 aliphatic heterocycles. The molecule has 3 N–H and O–H groups in total. The van der Waals surface area contributed by atoms with Gasteiger partial charge in [-0.05, 0) is 24.3 Å². The first-order chi connectivity index (χ1) is 10.6. The van der Waals surface area contributed by atoms with Gasteiger partial charge in [0.25, 0.3) is 5.91 Å². The van der Waals surface area contributed by atoms with E-state index in [0.717, 1.165) is 4.31 Å². The molecular weight excluding hydrogens is 326 g/mol. The molecule has 0 unspecified atom stereocenters. The Kier molecular flexibility index (Phi) is 6.22. The predicted octanol–water partition coefficient (Wildman–Crippen LogP) is -0.706. The number of amides is 2. The van der Waals surface area contributed by atoms with Crippen LogP contribution in [-0.4, -0.2) is 50.7 Å². The van der Waals surface area contributed by atoms with Crippen LogP contribution >= 0.6 is 0 Å². The van der Waals surface area contributed by atoms with Crippen LogP contribution in [0.25, 0.3) is 0 Å². The van der Waals surface area contributed by atoms with Gasteiger partial charge in [-0.1, -0.05) is 0 Å². The Morgan fingerprint density at radius 1 is 1.22 bits per heavy atom. The Morgan fingerprint density at radius 3 is 2.26 bits per heavy atom. The number of benzene rings is 1. The van der Waals surface area contributed by atoms with E-state index in [0.29, 0.717) is 5.69 Å². The third kappa shape index (κ3) is 5.68. The minimum Gasteiger partial charge on any atom is -0.455 e. The Bertz CT molecular complexity index is 699. The van der Waals surface area contributed by atoms with E-state index < -0.39 is 35.1 Å². The van der Waals surface area contributed by atoms with Crippen LogP contribution in [-0.2, 0) is 29.1 Å². The third-order valence-electron chi connectivity index (χ3n) is 2.61. The monoisotopic (exact) mass is 343 g/mol. The largest absolute Gasteiger partial charge is 0.455 e. The number of ether oxygens (including phenoxy) is 1. The molecule has 0 saturated heterocycles. The Labute approximate surface area is 133 Å². The van der Waals surface area contributed by atoms with Gasteiger partial charge in [-0.2, -0.15) is 4.31 Å².